The molecule has 0 aliphatic carbocycles. The van der Waals surface area contributed by atoms with E-state index in [1.165, 1.54) is 7.11 Å². The summed E-state index contributed by atoms with van der Waals surface area (Å²) >= 11 is 0. The molecule has 0 spiro atoms. The van der Waals surface area contributed by atoms with E-state index < -0.39 is 0 Å². The number of ether oxygens (including phenoxy) is 1. The largest absolute Gasteiger partial charge is 0.507 e. The van der Waals surface area contributed by atoms with Crippen molar-refractivity contribution < 1.29 is 32.0 Å². The number of hydrogen-bond acceptors (Lipinski definition) is 5. The van der Waals surface area contributed by atoms with E-state index in [1.54, 1.807) is 30.6 Å². The van der Waals surface area contributed by atoms with Crippen LogP contribution in [0.3, 0.4) is 0 Å². The van der Waals surface area contributed by atoms with Gasteiger partial charge in [0.1, 0.15) is 5.75 Å². The van der Waals surface area contributed by atoms with Gasteiger partial charge in [0.2, 0.25) is 0 Å². The molecule has 2 aromatic carbocycles. The number of nitrogens with zero attached hydrogens (tertiary/aromatic N) is 2. The molecule has 0 fully saturated rings. The molecule has 2 N–H and O–H groups in total. The molecule has 0 amide bonds. The van der Waals surface area contributed by atoms with Gasteiger partial charge in [-0.25, -0.2) is 0 Å². The first-order valence-electron chi connectivity index (χ1n) is 8.74. The van der Waals surface area contributed by atoms with Gasteiger partial charge in [0.15, 0.2) is 11.5 Å². The van der Waals surface area contributed by atoms with Crippen LogP contribution in [0.25, 0.3) is 33.6 Å². The molecule has 2 aromatic heterocycles. The van der Waals surface area contributed by atoms with Crippen LogP contribution >= 0.6 is 0 Å². The number of aromatic hydroxyl groups is 2. The van der Waals surface area contributed by atoms with Crippen LogP contribution in [0.4, 0.5) is 0 Å². The number of hydrogen-bond donors (Lipinski definition) is 2. The van der Waals surface area contributed by atoms with Gasteiger partial charge < -0.3 is 14.9 Å². The predicted octanol–water partition coefficient (Wildman–Crippen LogP) is 4.89. The normalized spacial score (nSPS) is 10.2. The van der Waals surface area contributed by atoms with Crippen LogP contribution < -0.4 is 4.74 Å². The molecule has 0 aliphatic rings. The minimum absolute atomic E-state index is 0. The summed E-state index contributed by atoms with van der Waals surface area (Å²) in [6.45, 7) is 0. The topological polar surface area (TPSA) is 75.5 Å². The van der Waals surface area contributed by atoms with Crippen LogP contribution in [-0.4, -0.2) is 27.3 Å². The molecule has 0 bridgehead atoms. The Balaban J connectivity index is 0.00000240. The van der Waals surface area contributed by atoms with Crippen molar-refractivity contribution in [3.05, 3.63) is 79.1 Å². The summed E-state index contributed by atoms with van der Waals surface area (Å²) in [6.07, 6.45) is 3.41. The first-order valence-corrected chi connectivity index (χ1v) is 8.74. The zero-order valence-electron chi connectivity index (χ0n) is 15.6. The molecule has 0 atom stereocenters. The quantitative estimate of drug-likeness (QED) is 0.455. The van der Waals surface area contributed by atoms with Crippen LogP contribution in [0.1, 0.15) is 0 Å². The van der Waals surface area contributed by atoms with Crippen molar-refractivity contribution in [2.75, 3.05) is 7.11 Å². The maximum atomic E-state index is 10.3. The van der Waals surface area contributed by atoms with Gasteiger partial charge in [-0.05, 0) is 24.3 Å². The molecular weight excluding hydrogens is 407 g/mol. The molecule has 0 saturated heterocycles. The van der Waals surface area contributed by atoms with Crippen LogP contribution in [-0.2, 0) is 17.1 Å². The Morgan fingerprint density at radius 2 is 1.28 bits per heavy atom. The molecule has 6 heteroatoms. The third-order valence-electron chi connectivity index (χ3n) is 4.53. The fourth-order valence-corrected chi connectivity index (χ4v) is 3.05. The van der Waals surface area contributed by atoms with Crippen LogP contribution in [0, 0.1) is 0 Å². The number of para-hydroxylation sites is 2. The summed E-state index contributed by atoms with van der Waals surface area (Å²) < 4.78 is 5.16. The Morgan fingerprint density at radius 1 is 0.690 bits per heavy atom. The second-order valence-corrected chi connectivity index (χ2v) is 6.24. The molecule has 5 nitrogen and oxygen atoms in total. The van der Waals surface area contributed by atoms with E-state index in [2.05, 4.69) is 9.97 Å². The molecule has 145 valence electrons. The van der Waals surface area contributed by atoms with Gasteiger partial charge >= 0.3 is 0 Å². The molecule has 1 radical (unpaired) electrons. The van der Waals surface area contributed by atoms with Crippen molar-refractivity contribution in [1.82, 2.24) is 9.97 Å². The molecule has 29 heavy (non-hydrogen) atoms. The first kappa shape index (κ1) is 20.4. The van der Waals surface area contributed by atoms with Gasteiger partial charge in [-0.3, -0.25) is 9.97 Å². The number of methoxy groups -OCH3 is 1. The molecule has 4 rings (SSSR count). The minimum Gasteiger partial charge on any atom is -0.507 e. The molecule has 0 saturated carbocycles. The third-order valence-corrected chi connectivity index (χ3v) is 4.53. The smallest absolute Gasteiger partial charge is 0.165 e. The summed E-state index contributed by atoms with van der Waals surface area (Å²) in [6, 6.07) is 20.0. The van der Waals surface area contributed by atoms with E-state index in [1.807, 2.05) is 48.5 Å². The zero-order valence-corrected chi connectivity index (χ0v) is 16.8. The van der Waals surface area contributed by atoms with Gasteiger partial charge in [-0.15, -0.1) is 0 Å². The van der Waals surface area contributed by atoms with Gasteiger partial charge in [0.25, 0.3) is 0 Å². The second-order valence-electron chi connectivity index (χ2n) is 6.24. The summed E-state index contributed by atoms with van der Waals surface area (Å²) in [4.78, 5) is 8.95. The fraction of sp³-hybridized carbons (Fsp3) is 0.0435. The monoisotopic (exact) mass is 425 g/mol. The number of rotatable bonds is 4. The molecule has 2 heterocycles. The summed E-state index contributed by atoms with van der Waals surface area (Å²) in [5.41, 5.74) is 4.45. The molecule has 0 unspecified atom stereocenters. The van der Waals surface area contributed by atoms with E-state index in [0.29, 0.717) is 11.3 Å². The van der Waals surface area contributed by atoms with E-state index in [-0.39, 0.29) is 28.6 Å². The van der Waals surface area contributed by atoms with E-state index >= 15 is 0 Å². The summed E-state index contributed by atoms with van der Waals surface area (Å²) in [7, 11) is 1.52. The first-order chi connectivity index (χ1) is 13.7. The standard InChI is InChI=1S/C23H18N2O3.Mn/c1-28-22-8-4-6-18(23(22)27)16-10-12-20(25-14-16)19-11-9-15(13-24-19)17-5-2-3-7-21(17)26;/h2-14,26-27H,1H3;. The SMILES string of the molecule is COc1cccc(-c2ccc(-c3ccc(-c4ccccc4O)cn3)nc2)c1O.[Mn]. The Labute approximate surface area is 179 Å². The zero-order chi connectivity index (χ0) is 19.5. The average Bonchev–Trinajstić information content (AvgIpc) is 2.75. The third kappa shape index (κ3) is 4.09. The fourth-order valence-electron chi connectivity index (χ4n) is 3.05. The summed E-state index contributed by atoms with van der Waals surface area (Å²) in [5.74, 6) is 0.727. The van der Waals surface area contributed by atoms with Gasteiger partial charge in [-0.2, -0.15) is 0 Å². The Bertz CT molecular complexity index is 1110. The van der Waals surface area contributed by atoms with E-state index in [0.717, 1.165) is 28.1 Å². The maximum Gasteiger partial charge on any atom is 0.165 e. The molecule has 0 aliphatic heterocycles. The van der Waals surface area contributed by atoms with Crippen molar-refractivity contribution in [1.29, 1.82) is 0 Å². The number of phenols is 2. The Kier molecular flexibility index (Phi) is 6.17. The Morgan fingerprint density at radius 3 is 1.83 bits per heavy atom. The molecular formula is C23H18MnN2O3. The number of benzene rings is 2. The summed E-state index contributed by atoms with van der Waals surface area (Å²) in [5, 5.41) is 20.3. The van der Waals surface area contributed by atoms with Crippen molar-refractivity contribution in [3.63, 3.8) is 0 Å². The van der Waals surface area contributed by atoms with Crippen LogP contribution in [0.15, 0.2) is 79.1 Å². The van der Waals surface area contributed by atoms with E-state index in [4.69, 9.17) is 4.74 Å². The predicted molar refractivity (Wildman–Crippen MR) is 108 cm³/mol. The Hall–Kier alpha value is -3.34. The van der Waals surface area contributed by atoms with Crippen LogP contribution in [0.2, 0.25) is 0 Å². The molecule has 4 aromatic rings. The second kappa shape index (κ2) is 8.78. The van der Waals surface area contributed by atoms with Crippen molar-refractivity contribution in [3.8, 4) is 50.9 Å². The maximum absolute atomic E-state index is 10.3. The van der Waals surface area contributed by atoms with Crippen molar-refractivity contribution in [2.45, 2.75) is 0 Å². The number of phenolic OH excluding ortho intramolecular Hbond substituents is 2. The van der Waals surface area contributed by atoms with Crippen LogP contribution in [0.5, 0.6) is 17.2 Å². The van der Waals surface area contributed by atoms with Gasteiger partial charge in [0, 0.05) is 51.7 Å². The average molecular weight is 425 g/mol. The van der Waals surface area contributed by atoms with Crippen molar-refractivity contribution in [2.24, 2.45) is 0 Å². The number of pyridine rings is 2. The van der Waals surface area contributed by atoms with Gasteiger partial charge in [0.05, 0.1) is 18.5 Å². The van der Waals surface area contributed by atoms with Crippen molar-refractivity contribution >= 4 is 0 Å². The number of aromatic nitrogens is 2. The van der Waals surface area contributed by atoms with Gasteiger partial charge in [-0.1, -0.05) is 42.5 Å². The van der Waals surface area contributed by atoms with E-state index in [9.17, 15) is 10.2 Å². The minimum atomic E-state index is 0.